The van der Waals surface area contributed by atoms with Gasteiger partial charge in [-0.05, 0) is 37.6 Å². The fraction of sp³-hybridized carbons (Fsp3) is 0.308. The molecule has 1 saturated heterocycles. The predicted octanol–water partition coefficient (Wildman–Crippen LogP) is 1.36. The normalized spacial score (nSPS) is 19.1. The van der Waals surface area contributed by atoms with E-state index in [9.17, 15) is 4.79 Å². The summed E-state index contributed by atoms with van der Waals surface area (Å²) in [5.41, 5.74) is 1.53. The van der Waals surface area contributed by atoms with Crippen molar-refractivity contribution in [2.24, 2.45) is 0 Å². The van der Waals surface area contributed by atoms with Crippen LogP contribution in [0.4, 0.5) is 5.69 Å². The van der Waals surface area contributed by atoms with Crippen LogP contribution in [0.1, 0.15) is 18.4 Å². The highest BCUT2D eigenvalue weighted by Gasteiger charge is 2.21. The predicted molar refractivity (Wildman–Crippen MR) is 64.0 cm³/mol. The second-order valence-electron chi connectivity index (χ2n) is 3.86. The summed E-state index contributed by atoms with van der Waals surface area (Å²) in [6.45, 7) is 0.919. The van der Waals surface area contributed by atoms with Crippen molar-refractivity contribution in [3.05, 3.63) is 29.8 Å². The second-order valence-corrected chi connectivity index (χ2v) is 3.86. The van der Waals surface area contributed by atoms with Crippen molar-refractivity contribution in [3.8, 4) is 12.3 Å². The molecule has 1 fully saturated rings. The third kappa shape index (κ3) is 2.41. The highest BCUT2D eigenvalue weighted by molar-refractivity contribution is 5.95. The van der Waals surface area contributed by atoms with Crippen molar-refractivity contribution in [3.63, 3.8) is 0 Å². The molecule has 1 atom stereocenters. The van der Waals surface area contributed by atoms with Gasteiger partial charge in [0.15, 0.2) is 0 Å². The Bertz CT molecular complexity index is 428. The van der Waals surface area contributed by atoms with Gasteiger partial charge in [-0.2, -0.15) is 0 Å². The third-order valence-electron chi connectivity index (χ3n) is 2.67. The average Bonchev–Trinajstić information content (AvgIpc) is 2.83. The number of carbonyl (C=O) groups is 1. The number of nitrogens with one attached hydrogen (secondary N) is 2. The van der Waals surface area contributed by atoms with Gasteiger partial charge in [0.05, 0.1) is 6.04 Å². The quantitative estimate of drug-likeness (QED) is 0.730. The summed E-state index contributed by atoms with van der Waals surface area (Å²) in [6.07, 6.45) is 7.26. The number of amides is 1. The van der Waals surface area contributed by atoms with Crippen molar-refractivity contribution in [1.29, 1.82) is 0 Å². The number of terminal acetylenes is 1. The second kappa shape index (κ2) is 4.82. The van der Waals surface area contributed by atoms with Crippen LogP contribution >= 0.6 is 0 Å². The largest absolute Gasteiger partial charge is 0.325 e. The molecule has 0 saturated carbocycles. The lowest BCUT2D eigenvalue weighted by atomic mass is 10.2. The van der Waals surface area contributed by atoms with Gasteiger partial charge in [0.1, 0.15) is 0 Å². The first-order chi connectivity index (χ1) is 7.79. The van der Waals surface area contributed by atoms with Crippen LogP contribution in [0.25, 0.3) is 0 Å². The Kier molecular flexibility index (Phi) is 3.23. The highest BCUT2D eigenvalue weighted by atomic mass is 16.2. The van der Waals surface area contributed by atoms with Gasteiger partial charge in [0.2, 0.25) is 5.91 Å². The molecule has 0 aliphatic carbocycles. The first kappa shape index (κ1) is 10.7. The molecule has 0 unspecified atom stereocenters. The Labute approximate surface area is 95.2 Å². The van der Waals surface area contributed by atoms with Crippen LogP contribution in [0, 0.1) is 12.3 Å². The number of rotatable bonds is 2. The van der Waals surface area contributed by atoms with Gasteiger partial charge in [-0.1, -0.05) is 12.0 Å². The van der Waals surface area contributed by atoms with E-state index in [2.05, 4.69) is 16.6 Å². The van der Waals surface area contributed by atoms with Crippen molar-refractivity contribution in [1.82, 2.24) is 5.32 Å². The summed E-state index contributed by atoms with van der Waals surface area (Å²) in [7, 11) is 0. The molecule has 2 rings (SSSR count). The Morgan fingerprint density at radius 1 is 1.56 bits per heavy atom. The molecular formula is C13H14N2O. The molecule has 0 spiro atoms. The molecule has 1 aromatic carbocycles. The monoisotopic (exact) mass is 214 g/mol. The van der Waals surface area contributed by atoms with Crippen LogP contribution in [0.2, 0.25) is 0 Å². The van der Waals surface area contributed by atoms with E-state index in [1.165, 1.54) is 0 Å². The third-order valence-corrected chi connectivity index (χ3v) is 2.67. The van der Waals surface area contributed by atoms with E-state index in [1.54, 1.807) is 6.07 Å². The molecule has 1 aliphatic heterocycles. The Morgan fingerprint density at radius 3 is 3.12 bits per heavy atom. The minimum absolute atomic E-state index is 0.0201. The maximum absolute atomic E-state index is 11.8. The van der Waals surface area contributed by atoms with Crippen LogP contribution in [0.3, 0.4) is 0 Å². The smallest absolute Gasteiger partial charge is 0.241 e. The van der Waals surface area contributed by atoms with Gasteiger partial charge in [0.25, 0.3) is 0 Å². The van der Waals surface area contributed by atoms with Gasteiger partial charge >= 0.3 is 0 Å². The zero-order chi connectivity index (χ0) is 11.4. The standard InChI is InChI=1S/C13H14N2O/c1-2-10-5-3-6-11(9-10)15-13(16)12-7-4-8-14-12/h1,3,5-6,9,12,14H,4,7-8H2,(H,15,16)/t12-/m1/s1. The van der Waals surface area contributed by atoms with Gasteiger partial charge in [-0.15, -0.1) is 6.42 Å². The first-order valence-electron chi connectivity index (χ1n) is 5.40. The van der Waals surface area contributed by atoms with E-state index in [4.69, 9.17) is 6.42 Å². The van der Waals surface area contributed by atoms with E-state index >= 15 is 0 Å². The van der Waals surface area contributed by atoms with Crippen molar-refractivity contribution in [2.75, 3.05) is 11.9 Å². The van der Waals surface area contributed by atoms with Crippen molar-refractivity contribution < 1.29 is 4.79 Å². The minimum atomic E-state index is -0.0607. The van der Waals surface area contributed by atoms with E-state index in [0.717, 1.165) is 30.6 Å². The average molecular weight is 214 g/mol. The number of hydrogen-bond donors (Lipinski definition) is 2. The Balaban J connectivity index is 2.03. The first-order valence-corrected chi connectivity index (χ1v) is 5.40. The maximum Gasteiger partial charge on any atom is 0.241 e. The van der Waals surface area contributed by atoms with Gasteiger partial charge in [0, 0.05) is 11.3 Å². The van der Waals surface area contributed by atoms with E-state index < -0.39 is 0 Å². The van der Waals surface area contributed by atoms with E-state index in [0.29, 0.717) is 0 Å². The maximum atomic E-state index is 11.8. The van der Waals surface area contributed by atoms with E-state index in [-0.39, 0.29) is 11.9 Å². The molecule has 0 radical (unpaired) electrons. The summed E-state index contributed by atoms with van der Waals surface area (Å²) < 4.78 is 0. The molecule has 0 aromatic heterocycles. The lowest BCUT2D eigenvalue weighted by Gasteiger charge is -2.11. The number of anilines is 1. The molecule has 3 heteroatoms. The van der Waals surface area contributed by atoms with Gasteiger partial charge in [-0.3, -0.25) is 4.79 Å². The summed E-state index contributed by atoms with van der Waals surface area (Å²) >= 11 is 0. The Morgan fingerprint density at radius 2 is 2.44 bits per heavy atom. The lowest BCUT2D eigenvalue weighted by molar-refractivity contribution is -0.117. The topological polar surface area (TPSA) is 41.1 Å². The lowest BCUT2D eigenvalue weighted by Crippen LogP contribution is -2.35. The fourth-order valence-electron chi connectivity index (χ4n) is 1.82. The number of hydrogen-bond acceptors (Lipinski definition) is 2. The van der Waals surface area contributed by atoms with Crippen molar-refractivity contribution in [2.45, 2.75) is 18.9 Å². The molecule has 82 valence electrons. The van der Waals surface area contributed by atoms with Crippen LogP contribution < -0.4 is 10.6 Å². The van der Waals surface area contributed by atoms with Crippen LogP contribution in [-0.2, 0) is 4.79 Å². The molecule has 16 heavy (non-hydrogen) atoms. The molecule has 0 bridgehead atoms. The van der Waals surface area contributed by atoms with Crippen LogP contribution in [0.15, 0.2) is 24.3 Å². The summed E-state index contributed by atoms with van der Waals surface area (Å²) in [5.74, 6) is 2.56. The van der Waals surface area contributed by atoms with Gasteiger partial charge < -0.3 is 10.6 Å². The van der Waals surface area contributed by atoms with Crippen LogP contribution in [-0.4, -0.2) is 18.5 Å². The molecule has 1 aliphatic rings. The molecule has 2 N–H and O–H groups in total. The summed E-state index contributed by atoms with van der Waals surface area (Å²) in [5, 5.41) is 6.01. The molecule has 1 amide bonds. The zero-order valence-electron chi connectivity index (χ0n) is 8.99. The SMILES string of the molecule is C#Cc1cccc(NC(=O)[C@H]2CCCN2)c1. The van der Waals surface area contributed by atoms with Crippen molar-refractivity contribution >= 4 is 11.6 Å². The summed E-state index contributed by atoms with van der Waals surface area (Å²) in [6, 6.07) is 7.26. The fourth-order valence-corrected chi connectivity index (χ4v) is 1.82. The minimum Gasteiger partial charge on any atom is -0.325 e. The summed E-state index contributed by atoms with van der Waals surface area (Å²) in [4.78, 5) is 11.8. The van der Waals surface area contributed by atoms with Crippen LogP contribution in [0.5, 0.6) is 0 Å². The van der Waals surface area contributed by atoms with Gasteiger partial charge in [-0.25, -0.2) is 0 Å². The zero-order valence-corrected chi connectivity index (χ0v) is 8.99. The molecule has 1 heterocycles. The molecular weight excluding hydrogens is 200 g/mol. The number of benzene rings is 1. The highest BCUT2D eigenvalue weighted by Crippen LogP contribution is 2.12. The molecule has 1 aromatic rings. The number of carbonyl (C=O) groups excluding carboxylic acids is 1. The Hall–Kier alpha value is -1.79. The molecule has 3 nitrogen and oxygen atoms in total. The van der Waals surface area contributed by atoms with E-state index in [1.807, 2.05) is 18.2 Å².